The van der Waals surface area contributed by atoms with Gasteiger partial charge in [-0.1, -0.05) is 6.42 Å². The van der Waals surface area contributed by atoms with E-state index < -0.39 is 0 Å². The van der Waals surface area contributed by atoms with E-state index in [0.29, 0.717) is 0 Å². The second kappa shape index (κ2) is 5.69. The van der Waals surface area contributed by atoms with Crippen LogP contribution in [-0.4, -0.2) is 50.3 Å². The molecule has 3 nitrogen and oxygen atoms in total. The van der Waals surface area contributed by atoms with Crippen molar-refractivity contribution < 1.29 is 4.74 Å². The van der Waals surface area contributed by atoms with Crippen LogP contribution in [0.1, 0.15) is 25.7 Å². The lowest BCUT2D eigenvalue weighted by molar-refractivity contribution is 0.138. The van der Waals surface area contributed by atoms with Gasteiger partial charge in [0.25, 0.3) is 0 Å². The summed E-state index contributed by atoms with van der Waals surface area (Å²) in [6, 6.07) is 0.738. The van der Waals surface area contributed by atoms with E-state index in [1.807, 2.05) is 0 Å². The standard InChI is InChI=1S/C11H22N2O/c1-2-5-12-11(4-1)10-13-6-3-8-14-9-7-13/h11-12H,1-10H2/t11-/m1/s1. The summed E-state index contributed by atoms with van der Waals surface area (Å²) in [5.41, 5.74) is 0. The van der Waals surface area contributed by atoms with Crippen LogP contribution in [0.4, 0.5) is 0 Å². The van der Waals surface area contributed by atoms with E-state index in [0.717, 1.165) is 25.8 Å². The Morgan fingerprint density at radius 2 is 2.14 bits per heavy atom. The van der Waals surface area contributed by atoms with E-state index in [1.54, 1.807) is 0 Å². The first kappa shape index (κ1) is 10.4. The van der Waals surface area contributed by atoms with Gasteiger partial charge in [0, 0.05) is 32.3 Å². The summed E-state index contributed by atoms with van der Waals surface area (Å²) in [5, 5.41) is 3.60. The fraction of sp³-hybridized carbons (Fsp3) is 1.00. The highest BCUT2D eigenvalue weighted by Crippen LogP contribution is 2.09. The number of hydrogen-bond donors (Lipinski definition) is 1. The van der Waals surface area contributed by atoms with Crippen molar-refractivity contribution >= 4 is 0 Å². The monoisotopic (exact) mass is 198 g/mol. The molecule has 2 aliphatic heterocycles. The molecule has 1 atom stereocenters. The fourth-order valence-electron chi connectivity index (χ4n) is 2.37. The lowest BCUT2D eigenvalue weighted by atomic mass is 10.0. The van der Waals surface area contributed by atoms with E-state index in [9.17, 15) is 0 Å². The molecule has 0 bridgehead atoms. The minimum absolute atomic E-state index is 0.738. The normalized spacial score (nSPS) is 31.3. The van der Waals surface area contributed by atoms with E-state index >= 15 is 0 Å². The van der Waals surface area contributed by atoms with Crippen molar-refractivity contribution in [2.45, 2.75) is 31.7 Å². The molecule has 0 aliphatic carbocycles. The molecule has 0 amide bonds. The highest BCUT2D eigenvalue weighted by Gasteiger charge is 2.17. The summed E-state index contributed by atoms with van der Waals surface area (Å²) >= 11 is 0. The predicted molar refractivity (Wildman–Crippen MR) is 57.5 cm³/mol. The van der Waals surface area contributed by atoms with Crippen molar-refractivity contribution in [3.05, 3.63) is 0 Å². The molecule has 0 unspecified atom stereocenters. The summed E-state index contributed by atoms with van der Waals surface area (Å²) in [5.74, 6) is 0. The highest BCUT2D eigenvalue weighted by atomic mass is 16.5. The molecule has 14 heavy (non-hydrogen) atoms. The lowest BCUT2D eigenvalue weighted by Gasteiger charge is -2.29. The van der Waals surface area contributed by atoms with Crippen molar-refractivity contribution in [2.24, 2.45) is 0 Å². The maximum atomic E-state index is 5.45. The van der Waals surface area contributed by atoms with Gasteiger partial charge in [-0.25, -0.2) is 0 Å². The van der Waals surface area contributed by atoms with Crippen molar-refractivity contribution in [3.8, 4) is 0 Å². The van der Waals surface area contributed by atoms with Gasteiger partial charge in [-0.2, -0.15) is 0 Å². The van der Waals surface area contributed by atoms with E-state index in [4.69, 9.17) is 4.74 Å². The molecule has 2 saturated heterocycles. The Kier molecular flexibility index (Phi) is 4.22. The lowest BCUT2D eigenvalue weighted by Crippen LogP contribution is -2.44. The Hall–Kier alpha value is -0.120. The molecule has 0 aromatic heterocycles. The molecule has 1 N–H and O–H groups in total. The maximum absolute atomic E-state index is 5.45. The Morgan fingerprint density at radius 3 is 3.00 bits per heavy atom. The summed E-state index contributed by atoms with van der Waals surface area (Å²) < 4.78 is 5.45. The van der Waals surface area contributed by atoms with E-state index in [1.165, 1.54) is 45.3 Å². The van der Waals surface area contributed by atoms with Gasteiger partial charge in [-0.15, -0.1) is 0 Å². The Balaban J connectivity index is 1.71. The summed E-state index contributed by atoms with van der Waals surface area (Å²) in [4.78, 5) is 2.55. The van der Waals surface area contributed by atoms with Crippen molar-refractivity contribution in [2.75, 3.05) is 39.4 Å². The zero-order valence-electron chi connectivity index (χ0n) is 9.00. The van der Waals surface area contributed by atoms with Crippen LogP contribution in [-0.2, 0) is 4.74 Å². The van der Waals surface area contributed by atoms with Crippen LogP contribution >= 0.6 is 0 Å². The van der Waals surface area contributed by atoms with Gasteiger partial charge >= 0.3 is 0 Å². The van der Waals surface area contributed by atoms with Crippen LogP contribution in [0, 0.1) is 0 Å². The number of ether oxygens (including phenoxy) is 1. The molecule has 0 aromatic rings. The van der Waals surface area contributed by atoms with Crippen molar-refractivity contribution in [3.63, 3.8) is 0 Å². The zero-order chi connectivity index (χ0) is 9.64. The Labute approximate surface area is 86.8 Å². The second-order valence-corrected chi connectivity index (χ2v) is 4.41. The molecule has 0 radical (unpaired) electrons. The third kappa shape index (κ3) is 3.23. The predicted octanol–water partition coefficient (Wildman–Crippen LogP) is 0.851. The Morgan fingerprint density at radius 1 is 1.14 bits per heavy atom. The van der Waals surface area contributed by atoms with E-state index in [2.05, 4.69) is 10.2 Å². The average molecular weight is 198 g/mol. The number of hydrogen-bond acceptors (Lipinski definition) is 3. The molecular weight excluding hydrogens is 176 g/mol. The number of nitrogens with one attached hydrogen (secondary N) is 1. The zero-order valence-corrected chi connectivity index (χ0v) is 9.00. The first-order valence-corrected chi connectivity index (χ1v) is 5.98. The molecule has 2 heterocycles. The molecule has 2 aliphatic rings. The number of rotatable bonds is 2. The molecule has 0 saturated carbocycles. The van der Waals surface area contributed by atoms with Crippen LogP contribution in [0.2, 0.25) is 0 Å². The largest absolute Gasteiger partial charge is 0.380 e. The first-order valence-electron chi connectivity index (χ1n) is 5.98. The van der Waals surface area contributed by atoms with Crippen molar-refractivity contribution in [1.29, 1.82) is 0 Å². The molecule has 82 valence electrons. The fourth-order valence-corrected chi connectivity index (χ4v) is 2.37. The van der Waals surface area contributed by atoms with Gasteiger partial charge in [0.15, 0.2) is 0 Å². The maximum Gasteiger partial charge on any atom is 0.0593 e. The molecule has 2 fully saturated rings. The number of nitrogens with zero attached hydrogens (tertiary/aromatic N) is 1. The van der Waals surface area contributed by atoms with Crippen molar-refractivity contribution in [1.82, 2.24) is 10.2 Å². The van der Waals surface area contributed by atoms with Gasteiger partial charge in [0.2, 0.25) is 0 Å². The summed E-state index contributed by atoms with van der Waals surface area (Å²) in [6.07, 6.45) is 5.33. The number of piperidine rings is 1. The van der Waals surface area contributed by atoms with Gasteiger partial charge in [0.1, 0.15) is 0 Å². The van der Waals surface area contributed by atoms with Crippen LogP contribution in [0.15, 0.2) is 0 Å². The molecular formula is C11H22N2O. The average Bonchev–Trinajstić information content (AvgIpc) is 2.48. The van der Waals surface area contributed by atoms with Crippen LogP contribution in [0.3, 0.4) is 0 Å². The quantitative estimate of drug-likeness (QED) is 0.712. The molecule has 0 spiro atoms. The minimum Gasteiger partial charge on any atom is -0.380 e. The highest BCUT2D eigenvalue weighted by molar-refractivity contribution is 4.76. The van der Waals surface area contributed by atoms with Gasteiger partial charge < -0.3 is 10.1 Å². The molecule has 2 rings (SSSR count). The first-order chi connectivity index (χ1) is 6.95. The minimum atomic E-state index is 0.738. The van der Waals surface area contributed by atoms with Crippen LogP contribution in [0.25, 0.3) is 0 Å². The smallest absolute Gasteiger partial charge is 0.0593 e. The van der Waals surface area contributed by atoms with Gasteiger partial charge in [0.05, 0.1) is 6.61 Å². The van der Waals surface area contributed by atoms with E-state index in [-0.39, 0.29) is 0 Å². The third-order valence-corrected chi connectivity index (χ3v) is 3.21. The molecule has 0 aromatic carbocycles. The topological polar surface area (TPSA) is 24.5 Å². The summed E-state index contributed by atoms with van der Waals surface area (Å²) in [6.45, 7) is 6.66. The van der Waals surface area contributed by atoms with Gasteiger partial charge in [-0.05, 0) is 25.8 Å². The Bertz CT molecular complexity index is 149. The molecule has 3 heteroatoms. The van der Waals surface area contributed by atoms with Gasteiger partial charge in [-0.3, -0.25) is 4.90 Å². The second-order valence-electron chi connectivity index (χ2n) is 4.41. The van der Waals surface area contributed by atoms with Crippen LogP contribution < -0.4 is 5.32 Å². The summed E-state index contributed by atoms with van der Waals surface area (Å²) in [7, 11) is 0. The van der Waals surface area contributed by atoms with Crippen LogP contribution in [0.5, 0.6) is 0 Å². The SMILES string of the molecule is C1CC[C@H](CN2CCCOCC2)NC1. The third-order valence-electron chi connectivity index (χ3n) is 3.21.